The Labute approximate surface area is 170 Å². The van der Waals surface area contributed by atoms with Gasteiger partial charge in [-0.05, 0) is 31.0 Å². The van der Waals surface area contributed by atoms with E-state index in [4.69, 9.17) is 10.2 Å². The Kier molecular flexibility index (Phi) is 5.40. The fourth-order valence-electron chi connectivity index (χ4n) is 3.56. The van der Waals surface area contributed by atoms with Crippen LogP contribution in [0.5, 0.6) is 0 Å². The molecule has 0 fully saturated rings. The number of nitrogens with two attached hydrogens (primary N) is 1. The molecule has 0 amide bonds. The van der Waals surface area contributed by atoms with Crippen molar-refractivity contribution in [2.24, 2.45) is 10.7 Å². The summed E-state index contributed by atoms with van der Waals surface area (Å²) in [5.41, 5.74) is 7.38. The summed E-state index contributed by atoms with van der Waals surface area (Å²) in [7, 11) is 0. The van der Waals surface area contributed by atoms with Gasteiger partial charge in [-0.2, -0.15) is 0 Å². The monoisotopic (exact) mass is 400 g/mol. The molecule has 0 bridgehead atoms. The zero-order valence-electron chi connectivity index (χ0n) is 17.4. The summed E-state index contributed by atoms with van der Waals surface area (Å²) in [5.74, 6) is 1.08. The van der Waals surface area contributed by atoms with Crippen LogP contribution in [0.25, 0.3) is 0 Å². The van der Waals surface area contributed by atoms with Crippen LogP contribution in [0.4, 0.5) is 0 Å². The Balaban J connectivity index is 1.88. The number of ketones is 1. The van der Waals surface area contributed by atoms with Crippen LogP contribution in [-0.4, -0.2) is 26.2 Å². The topological polar surface area (TPSA) is 94.4 Å². The van der Waals surface area contributed by atoms with E-state index in [1.54, 1.807) is 24.9 Å². The number of nitrogens with zero attached hydrogens (tertiary/aromatic N) is 3. The van der Waals surface area contributed by atoms with E-state index in [-0.39, 0.29) is 17.6 Å². The second-order valence-corrected chi connectivity index (χ2v) is 10.1. The lowest BCUT2D eigenvalue weighted by molar-refractivity contribution is 0.0985. The number of aromatic nitrogens is 2. The van der Waals surface area contributed by atoms with Crippen molar-refractivity contribution in [1.82, 2.24) is 9.97 Å². The number of oxazole rings is 1. The second-order valence-electron chi connectivity index (χ2n) is 8.67. The summed E-state index contributed by atoms with van der Waals surface area (Å²) < 4.78 is 5.72. The van der Waals surface area contributed by atoms with Crippen LogP contribution in [0.15, 0.2) is 27.7 Å². The summed E-state index contributed by atoms with van der Waals surface area (Å²) >= 11 is 1.58. The number of rotatable bonds is 4. The average molecular weight is 401 g/mol. The van der Waals surface area contributed by atoms with E-state index in [0.29, 0.717) is 27.8 Å². The van der Waals surface area contributed by atoms with E-state index in [9.17, 15) is 4.79 Å². The maximum absolute atomic E-state index is 13.0. The van der Waals surface area contributed by atoms with Crippen molar-refractivity contribution in [2.75, 3.05) is 0 Å². The fourth-order valence-corrected chi connectivity index (χ4v) is 4.63. The molecule has 2 atom stereocenters. The van der Waals surface area contributed by atoms with Crippen LogP contribution in [0.1, 0.15) is 74.4 Å². The molecular formula is C21H28N4O2S. The lowest BCUT2D eigenvalue weighted by atomic mass is 9.89. The van der Waals surface area contributed by atoms with E-state index in [2.05, 4.69) is 21.9 Å². The van der Waals surface area contributed by atoms with Crippen LogP contribution in [0.3, 0.4) is 0 Å². The molecule has 3 rings (SSSR count). The molecule has 3 heterocycles. The molecule has 0 radical (unpaired) electrons. The van der Waals surface area contributed by atoms with Crippen molar-refractivity contribution in [2.45, 2.75) is 70.6 Å². The van der Waals surface area contributed by atoms with Crippen LogP contribution in [-0.2, 0) is 17.4 Å². The highest BCUT2D eigenvalue weighted by Gasteiger charge is 2.34. The van der Waals surface area contributed by atoms with E-state index in [1.165, 1.54) is 0 Å². The first kappa shape index (κ1) is 20.6. The molecule has 0 aromatic carbocycles. The SMILES string of the molecule is Cc1nc(C(=O)Cc2ccnc([C@]3(C)C[C@@H](C)SC(N)=N3)c2)c(C(C)(C)C)o1. The van der Waals surface area contributed by atoms with Gasteiger partial charge in [0.15, 0.2) is 16.8 Å². The first-order chi connectivity index (χ1) is 13.0. The largest absolute Gasteiger partial charge is 0.445 e. The van der Waals surface area contributed by atoms with Crippen molar-refractivity contribution in [1.29, 1.82) is 0 Å². The fraction of sp³-hybridized carbons (Fsp3) is 0.524. The number of pyridine rings is 1. The molecule has 28 heavy (non-hydrogen) atoms. The molecular weight excluding hydrogens is 372 g/mol. The predicted octanol–water partition coefficient (Wildman–Crippen LogP) is 4.16. The zero-order valence-corrected chi connectivity index (χ0v) is 18.2. The molecule has 0 aliphatic carbocycles. The number of thioether (sulfide) groups is 1. The highest BCUT2D eigenvalue weighted by molar-refractivity contribution is 8.14. The van der Waals surface area contributed by atoms with Crippen molar-refractivity contribution in [3.8, 4) is 0 Å². The Bertz CT molecular complexity index is 929. The summed E-state index contributed by atoms with van der Waals surface area (Å²) in [6, 6.07) is 3.82. The predicted molar refractivity (Wildman–Crippen MR) is 113 cm³/mol. The molecule has 0 spiro atoms. The lowest BCUT2D eigenvalue weighted by Crippen LogP contribution is -2.33. The van der Waals surface area contributed by atoms with Gasteiger partial charge < -0.3 is 10.2 Å². The number of hydrogen-bond donors (Lipinski definition) is 1. The minimum atomic E-state index is -0.477. The minimum Gasteiger partial charge on any atom is -0.445 e. The molecule has 2 N–H and O–H groups in total. The molecule has 150 valence electrons. The maximum atomic E-state index is 13.0. The Morgan fingerprint density at radius 1 is 1.43 bits per heavy atom. The van der Waals surface area contributed by atoms with Gasteiger partial charge in [-0.25, -0.2) is 9.98 Å². The van der Waals surface area contributed by atoms with Crippen molar-refractivity contribution in [3.05, 3.63) is 46.9 Å². The quantitative estimate of drug-likeness (QED) is 0.775. The third-order valence-electron chi connectivity index (χ3n) is 4.78. The van der Waals surface area contributed by atoms with Crippen LogP contribution in [0.2, 0.25) is 0 Å². The molecule has 0 saturated carbocycles. The van der Waals surface area contributed by atoms with Crippen molar-refractivity contribution >= 4 is 22.7 Å². The number of hydrogen-bond acceptors (Lipinski definition) is 7. The zero-order chi connectivity index (χ0) is 20.7. The molecule has 0 saturated heterocycles. The van der Waals surface area contributed by atoms with Gasteiger partial charge in [-0.15, -0.1) is 0 Å². The van der Waals surface area contributed by atoms with Gasteiger partial charge in [0.05, 0.1) is 5.69 Å². The van der Waals surface area contributed by atoms with Gasteiger partial charge in [-0.1, -0.05) is 39.5 Å². The smallest absolute Gasteiger partial charge is 0.191 e. The van der Waals surface area contributed by atoms with Crippen molar-refractivity contribution < 1.29 is 9.21 Å². The molecule has 2 aromatic heterocycles. The summed E-state index contributed by atoms with van der Waals surface area (Å²) in [6.07, 6.45) is 2.82. The second kappa shape index (κ2) is 7.35. The van der Waals surface area contributed by atoms with Crippen LogP contribution >= 0.6 is 11.8 Å². The number of Topliss-reactive ketones (excluding diaryl/α,β-unsaturated/α-hetero) is 1. The minimum absolute atomic E-state index is 0.0559. The van der Waals surface area contributed by atoms with Gasteiger partial charge in [0, 0.05) is 30.2 Å². The van der Waals surface area contributed by atoms with E-state index in [1.807, 2.05) is 39.8 Å². The number of aliphatic imine (C=N–C) groups is 1. The third kappa shape index (κ3) is 4.29. The molecule has 0 unspecified atom stereocenters. The molecule has 1 aliphatic heterocycles. The molecule has 1 aliphatic rings. The maximum Gasteiger partial charge on any atom is 0.191 e. The van der Waals surface area contributed by atoms with Gasteiger partial charge >= 0.3 is 0 Å². The van der Waals surface area contributed by atoms with Gasteiger partial charge in [-0.3, -0.25) is 9.78 Å². The number of aryl methyl sites for hydroxylation is 1. The highest BCUT2D eigenvalue weighted by atomic mass is 32.2. The molecule has 2 aromatic rings. The Morgan fingerprint density at radius 3 is 2.79 bits per heavy atom. The highest BCUT2D eigenvalue weighted by Crippen LogP contribution is 2.38. The summed E-state index contributed by atoms with van der Waals surface area (Å²) in [6.45, 7) is 12.0. The van der Waals surface area contributed by atoms with Gasteiger partial charge in [0.25, 0.3) is 0 Å². The number of carbonyl (C=O) groups excluding carboxylic acids is 1. The van der Waals surface area contributed by atoms with E-state index in [0.717, 1.165) is 17.7 Å². The number of amidine groups is 1. The van der Waals surface area contributed by atoms with Gasteiger partial charge in [0.2, 0.25) is 0 Å². The molecule has 6 nitrogen and oxygen atoms in total. The average Bonchev–Trinajstić information content (AvgIpc) is 2.96. The standard InChI is InChI=1S/C21H28N4O2S/c1-12-11-21(6,25-19(22)28-12)16-10-14(7-8-23-16)9-15(26)17-18(20(3,4)5)27-13(2)24-17/h7-8,10,12H,9,11H2,1-6H3,(H2,22,25)/t12-,21+/m1/s1. The lowest BCUT2D eigenvalue weighted by Gasteiger charge is -2.32. The van der Waals surface area contributed by atoms with Gasteiger partial charge in [0.1, 0.15) is 17.0 Å². The first-order valence-corrected chi connectivity index (χ1v) is 10.3. The van der Waals surface area contributed by atoms with Crippen molar-refractivity contribution in [3.63, 3.8) is 0 Å². The number of carbonyl (C=O) groups is 1. The molecule has 7 heteroatoms. The van der Waals surface area contributed by atoms with E-state index >= 15 is 0 Å². The summed E-state index contributed by atoms with van der Waals surface area (Å²) in [5, 5.41) is 0.944. The third-order valence-corrected chi connectivity index (χ3v) is 5.69. The first-order valence-electron chi connectivity index (χ1n) is 9.46. The van der Waals surface area contributed by atoms with Crippen LogP contribution < -0.4 is 5.73 Å². The normalized spacial score (nSPS) is 22.8. The Morgan fingerprint density at radius 2 is 2.14 bits per heavy atom. The Hall–Kier alpha value is -2.15. The summed E-state index contributed by atoms with van der Waals surface area (Å²) in [4.78, 5) is 26.5. The van der Waals surface area contributed by atoms with E-state index < -0.39 is 5.54 Å². The van der Waals surface area contributed by atoms with Crippen LogP contribution in [0, 0.1) is 6.92 Å².